The van der Waals surface area contributed by atoms with Crippen molar-refractivity contribution in [2.24, 2.45) is 0 Å². The molecule has 3 aromatic rings. The smallest absolute Gasteiger partial charge is 0.267 e. The molecule has 0 N–H and O–H groups in total. The molecule has 1 saturated carbocycles. The summed E-state index contributed by atoms with van der Waals surface area (Å²) in [6.45, 7) is 0. The first kappa shape index (κ1) is 21.4. The van der Waals surface area contributed by atoms with E-state index in [1.54, 1.807) is 18.3 Å². The van der Waals surface area contributed by atoms with Gasteiger partial charge in [0.1, 0.15) is 0 Å². The molecule has 0 atom stereocenters. The monoisotopic (exact) mass is 444 g/mol. The van der Waals surface area contributed by atoms with Gasteiger partial charge in [0.15, 0.2) is 21.5 Å². The number of hydrogen-bond donors (Lipinski definition) is 0. The number of rotatable bonds is 4. The van der Waals surface area contributed by atoms with Crippen molar-refractivity contribution in [1.82, 2.24) is 9.78 Å². The second-order valence-corrected chi connectivity index (χ2v) is 9.93. The first-order valence-electron chi connectivity index (χ1n) is 10.1. The predicted octanol–water partition coefficient (Wildman–Crippen LogP) is 4.63. The molecule has 1 aromatic heterocycles. The second-order valence-electron chi connectivity index (χ2n) is 7.92. The maximum Gasteiger partial charge on any atom is 0.275 e. The van der Waals surface area contributed by atoms with Crippen molar-refractivity contribution >= 4 is 9.84 Å². The van der Waals surface area contributed by atoms with Crippen LogP contribution in [0.5, 0.6) is 0 Å². The fourth-order valence-corrected chi connectivity index (χ4v) is 4.80. The lowest BCUT2D eigenvalue weighted by molar-refractivity contribution is 0.439. The lowest BCUT2D eigenvalue weighted by Crippen LogP contribution is -2.28. The summed E-state index contributed by atoms with van der Waals surface area (Å²) in [6, 6.07) is 9.60. The lowest BCUT2D eigenvalue weighted by Gasteiger charge is -2.24. The molecule has 0 bridgehead atoms. The van der Waals surface area contributed by atoms with Crippen LogP contribution < -0.4 is 5.56 Å². The third kappa shape index (κ3) is 4.30. The topological polar surface area (TPSA) is 69.0 Å². The van der Waals surface area contributed by atoms with Gasteiger partial charge in [0.25, 0.3) is 5.56 Å². The van der Waals surface area contributed by atoms with Gasteiger partial charge in [-0.1, -0.05) is 31.4 Å². The lowest BCUT2D eigenvalue weighted by atomic mass is 9.82. The van der Waals surface area contributed by atoms with Crippen LogP contribution in [0, 0.1) is 11.6 Å². The number of hydrogen-bond acceptors (Lipinski definition) is 4. The van der Waals surface area contributed by atoms with Crippen LogP contribution in [-0.2, 0) is 9.84 Å². The fourth-order valence-electron chi connectivity index (χ4n) is 4.16. The van der Waals surface area contributed by atoms with Gasteiger partial charge in [-0.2, -0.15) is 9.78 Å². The van der Waals surface area contributed by atoms with E-state index in [-0.39, 0.29) is 22.1 Å². The van der Waals surface area contributed by atoms with Gasteiger partial charge in [0.05, 0.1) is 16.8 Å². The molecule has 1 fully saturated rings. The van der Waals surface area contributed by atoms with Crippen LogP contribution in [0.25, 0.3) is 16.8 Å². The van der Waals surface area contributed by atoms with Crippen LogP contribution in [0.3, 0.4) is 0 Å². The number of benzene rings is 2. The van der Waals surface area contributed by atoms with E-state index in [1.807, 2.05) is 0 Å². The zero-order chi connectivity index (χ0) is 22.2. The van der Waals surface area contributed by atoms with Crippen LogP contribution in [0.1, 0.15) is 43.6 Å². The highest BCUT2D eigenvalue weighted by atomic mass is 32.2. The van der Waals surface area contributed by atoms with Crippen molar-refractivity contribution in [3.8, 4) is 16.8 Å². The minimum absolute atomic E-state index is 0.0189. The van der Waals surface area contributed by atoms with Crippen molar-refractivity contribution in [2.75, 3.05) is 6.26 Å². The number of aromatic nitrogens is 2. The van der Waals surface area contributed by atoms with Crippen molar-refractivity contribution in [1.29, 1.82) is 0 Å². The Labute approximate surface area is 179 Å². The molecule has 0 saturated heterocycles. The zero-order valence-corrected chi connectivity index (χ0v) is 17.8. The summed E-state index contributed by atoms with van der Waals surface area (Å²) >= 11 is 0. The Kier molecular flexibility index (Phi) is 5.75. The largest absolute Gasteiger partial charge is 0.275 e. The molecule has 4 rings (SSSR count). The van der Waals surface area contributed by atoms with Crippen molar-refractivity contribution in [2.45, 2.75) is 42.9 Å². The van der Waals surface area contributed by atoms with Gasteiger partial charge in [-0.25, -0.2) is 17.2 Å². The number of nitrogens with zero attached hydrogens (tertiary/aromatic N) is 2. The number of sulfone groups is 1. The van der Waals surface area contributed by atoms with Crippen LogP contribution in [0.2, 0.25) is 0 Å². The summed E-state index contributed by atoms with van der Waals surface area (Å²) in [5, 5.41) is 4.22. The van der Waals surface area contributed by atoms with E-state index in [9.17, 15) is 22.0 Å². The van der Waals surface area contributed by atoms with Gasteiger partial charge in [0.2, 0.25) is 0 Å². The first-order chi connectivity index (χ1) is 14.8. The van der Waals surface area contributed by atoms with E-state index in [0.29, 0.717) is 16.7 Å². The van der Waals surface area contributed by atoms with Crippen LogP contribution in [0.15, 0.2) is 58.4 Å². The molecule has 1 aliphatic rings. The minimum Gasteiger partial charge on any atom is -0.267 e. The van der Waals surface area contributed by atoms with Crippen LogP contribution >= 0.6 is 0 Å². The van der Waals surface area contributed by atoms with Gasteiger partial charge in [-0.3, -0.25) is 4.79 Å². The molecular formula is C23H22F2N2O3S. The first-order valence-corrected chi connectivity index (χ1v) is 12.0. The van der Waals surface area contributed by atoms with E-state index in [0.717, 1.165) is 55.2 Å². The van der Waals surface area contributed by atoms with Crippen molar-refractivity contribution < 1.29 is 17.2 Å². The summed E-state index contributed by atoms with van der Waals surface area (Å²) in [5.41, 5.74) is 1.68. The molecule has 162 valence electrons. The summed E-state index contributed by atoms with van der Waals surface area (Å²) in [5.74, 6) is -2.02. The van der Waals surface area contributed by atoms with Gasteiger partial charge in [-0.15, -0.1) is 0 Å². The Balaban J connectivity index is 1.88. The fraction of sp³-hybridized carbons (Fsp3) is 0.304. The van der Waals surface area contributed by atoms with E-state index < -0.39 is 21.5 Å². The predicted molar refractivity (Wildman–Crippen MR) is 114 cm³/mol. The van der Waals surface area contributed by atoms with E-state index >= 15 is 0 Å². The number of halogens is 2. The molecule has 8 heteroatoms. The zero-order valence-electron chi connectivity index (χ0n) is 17.0. The highest BCUT2D eigenvalue weighted by Gasteiger charge is 2.25. The minimum atomic E-state index is -3.34. The third-order valence-electron chi connectivity index (χ3n) is 5.77. The maximum absolute atomic E-state index is 13.8. The SMILES string of the molecule is CS(=O)(=O)c1ccc(-c2cnn(-c3ccc(F)c(F)c3)c(=O)c2C2CCCCC2)cc1. The molecule has 0 radical (unpaired) electrons. The highest BCUT2D eigenvalue weighted by Crippen LogP contribution is 2.36. The van der Waals surface area contributed by atoms with Gasteiger partial charge < -0.3 is 0 Å². The summed E-state index contributed by atoms with van der Waals surface area (Å²) in [6.07, 6.45) is 7.50. The Hall–Kier alpha value is -2.87. The Morgan fingerprint density at radius 3 is 2.26 bits per heavy atom. The molecule has 0 unspecified atom stereocenters. The summed E-state index contributed by atoms with van der Waals surface area (Å²) in [7, 11) is -3.34. The summed E-state index contributed by atoms with van der Waals surface area (Å²) in [4.78, 5) is 13.7. The Bertz CT molecular complexity index is 1280. The van der Waals surface area contributed by atoms with E-state index in [2.05, 4.69) is 5.10 Å². The summed E-state index contributed by atoms with van der Waals surface area (Å²) < 4.78 is 51.8. The van der Waals surface area contributed by atoms with Crippen LogP contribution in [0.4, 0.5) is 8.78 Å². The van der Waals surface area contributed by atoms with Gasteiger partial charge >= 0.3 is 0 Å². The third-order valence-corrected chi connectivity index (χ3v) is 6.90. The molecule has 1 aliphatic carbocycles. The molecule has 0 spiro atoms. The standard InChI is InChI=1S/C23H22F2N2O3S/c1-31(29,30)18-10-7-15(8-11-18)19-14-26-27(17-9-12-20(24)21(25)13-17)23(28)22(19)16-5-3-2-4-6-16/h7-14,16H,2-6H2,1H3. The van der Waals surface area contributed by atoms with Crippen LogP contribution in [-0.4, -0.2) is 24.5 Å². The van der Waals surface area contributed by atoms with Crippen molar-refractivity contribution in [3.63, 3.8) is 0 Å². The second kappa shape index (κ2) is 8.34. The van der Waals surface area contributed by atoms with Gasteiger partial charge in [0, 0.05) is 23.4 Å². The molecule has 2 aromatic carbocycles. The molecule has 5 nitrogen and oxygen atoms in total. The quantitative estimate of drug-likeness (QED) is 0.588. The molecule has 0 aliphatic heterocycles. The maximum atomic E-state index is 13.8. The van der Waals surface area contributed by atoms with E-state index in [1.165, 1.54) is 18.2 Å². The normalized spacial score (nSPS) is 15.2. The average molecular weight is 445 g/mol. The molecular weight excluding hydrogens is 422 g/mol. The highest BCUT2D eigenvalue weighted by molar-refractivity contribution is 7.90. The van der Waals surface area contributed by atoms with Crippen molar-refractivity contribution in [3.05, 3.63) is 76.2 Å². The Morgan fingerprint density at radius 2 is 1.65 bits per heavy atom. The van der Waals surface area contributed by atoms with Gasteiger partial charge in [-0.05, 0) is 48.6 Å². The average Bonchev–Trinajstić information content (AvgIpc) is 2.75. The molecule has 0 amide bonds. The molecule has 1 heterocycles. The Morgan fingerprint density at radius 1 is 0.968 bits per heavy atom. The van der Waals surface area contributed by atoms with E-state index in [4.69, 9.17) is 0 Å². The molecule has 31 heavy (non-hydrogen) atoms.